The molecule has 2 atom stereocenters. The molecule has 2 unspecified atom stereocenters. The lowest BCUT2D eigenvalue weighted by Gasteiger charge is -2.39. The zero-order valence-electron chi connectivity index (χ0n) is 13.3. The van der Waals surface area contributed by atoms with Gasteiger partial charge in [0.15, 0.2) is 0 Å². The lowest BCUT2D eigenvalue weighted by molar-refractivity contribution is 0.00158. The van der Waals surface area contributed by atoms with Crippen LogP contribution < -0.4 is 0 Å². The first kappa shape index (κ1) is 16.5. The predicted octanol–water partition coefficient (Wildman–Crippen LogP) is 2.98. The van der Waals surface area contributed by atoms with E-state index in [-0.39, 0.29) is 18.1 Å². The summed E-state index contributed by atoms with van der Waals surface area (Å²) >= 11 is 0. The first-order valence-electron chi connectivity index (χ1n) is 8.12. The van der Waals surface area contributed by atoms with Crippen molar-refractivity contribution in [1.29, 1.82) is 0 Å². The summed E-state index contributed by atoms with van der Waals surface area (Å²) in [7, 11) is 0. The van der Waals surface area contributed by atoms with Crippen LogP contribution in [-0.4, -0.2) is 40.9 Å². The van der Waals surface area contributed by atoms with E-state index in [0.29, 0.717) is 0 Å². The summed E-state index contributed by atoms with van der Waals surface area (Å²) in [5, 5.41) is 20.4. The Balaban J connectivity index is 2.07. The standard InChI is InChI=1S/C18H29NO2/c1-18(2,17(21)15-9-5-3-6-10-15)14-19-12-8-4-7-11-16(19)13-20/h3,5-6,9-10,16-17,20-21H,4,7-8,11-14H2,1-2H3. The summed E-state index contributed by atoms with van der Waals surface area (Å²) in [5.41, 5.74) is 0.733. The zero-order chi connectivity index (χ0) is 15.3. The summed E-state index contributed by atoms with van der Waals surface area (Å²) < 4.78 is 0. The topological polar surface area (TPSA) is 43.7 Å². The molecule has 0 saturated carbocycles. The largest absolute Gasteiger partial charge is 0.395 e. The van der Waals surface area contributed by atoms with Crippen LogP contribution in [0.4, 0.5) is 0 Å². The molecule has 3 heteroatoms. The third kappa shape index (κ3) is 4.29. The first-order chi connectivity index (χ1) is 10.0. The van der Waals surface area contributed by atoms with E-state index in [1.807, 2.05) is 30.3 Å². The SMILES string of the molecule is CC(C)(CN1CCCCCC1CO)C(O)c1ccccc1. The fourth-order valence-corrected chi connectivity index (χ4v) is 3.35. The Kier molecular flexibility index (Phi) is 5.80. The van der Waals surface area contributed by atoms with Gasteiger partial charge in [-0.15, -0.1) is 0 Å². The Morgan fingerprint density at radius 1 is 1.19 bits per heavy atom. The van der Waals surface area contributed by atoms with Crippen LogP contribution in [0.2, 0.25) is 0 Å². The van der Waals surface area contributed by atoms with Gasteiger partial charge in [0, 0.05) is 18.0 Å². The fourth-order valence-electron chi connectivity index (χ4n) is 3.35. The summed E-state index contributed by atoms with van der Waals surface area (Å²) in [6.45, 7) is 6.29. The number of aliphatic hydroxyl groups is 2. The van der Waals surface area contributed by atoms with Crippen LogP contribution in [0.5, 0.6) is 0 Å². The maximum atomic E-state index is 10.7. The second-order valence-electron chi connectivity index (χ2n) is 6.96. The van der Waals surface area contributed by atoms with Crippen molar-refractivity contribution in [2.24, 2.45) is 5.41 Å². The average molecular weight is 291 g/mol. The van der Waals surface area contributed by atoms with Crippen molar-refractivity contribution in [3.05, 3.63) is 35.9 Å². The number of aliphatic hydroxyl groups excluding tert-OH is 2. The maximum absolute atomic E-state index is 10.7. The Labute approximate surface area is 128 Å². The Morgan fingerprint density at radius 3 is 2.57 bits per heavy atom. The van der Waals surface area contributed by atoms with E-state index < -0.39 is 6.10 Å². The third-order valence-electron chi connectivity index (χ3n) is 4.68. The van der Waals surface area contributed by atoms with E-state index >= 15 is 0 Å². The molecular formula is C18H29NO2. The number of nitrogens with zero attached hydrogens (tertiary/aromatic N) is 1. The van der Waals surface area contributed by atoms with Crippen molar-refractivity contribution in [2.75, 3.05) is 19.7 Å². The molecule has 118 valence electrons. The normalized spacial score (nSPS) is 22.8. The van der Waals surface area contributed by atoms with Crippen LogP contribution in [0.25, 0.3) is 0 Å². The van der Waals surface area contributed by atoms with Crippen molar-refractivity contribution in [1.82, 2.24) is 4.90 Å². The minimum absolute atomic E-state index is 0.220. The van der Waals surface area contributed by atoms with Crippen molar-refractivity contribution in [3.63, 3.8) is 0 Å². The molecule has 1 heterocycles. The van der Waals surface area contributed by atoms with Crippen molar-refractivity contribution in [2.45, 2.75) is 51.7 Å². The summed E-state index contributed by atoms with van der Waals surface area (Å²) in [5.74, 6) is 0. The van der Waals surface area contributed by atoms with Gasteiger partial charge in [-0.25, -0.2) is 0 Å². The second-order valence-corrected chi connectivity index (χ2v) is 6.96. The van der Waals surface area contributed by atoms with Crippen LogP contribution in [0.3, 0.4) is 0 Å². The van der Waals surface area contributed by atoms with Crippen molar-refractivity contribution >= 4 is 0 Å². The van der Waals surface area contributed by atoms with Gasteiger partial charge in [0.1, 0.15) is 0 Å². The minimum Gasteiger partial charge on any atom is -0.395 e. The van der Waals surface area contributed by atoms with Gasteiger partial charge in [0.25, 0.3) is 0 Å². The molecule has 2 N–H and O–H groups in total. The average Bonchev–Trinajstić information content (AvgIpc) is 2.71. The molecule has 1 saturated heterocycles. The molecule has 1 aliphatic rings. The number of likely N-dealkylation sites (tertiary alicyclic amines) is 1. The molecular weight excluding hydrogens is 262 g/mol. The maximum Gasteiger partial charge on any atom is 0.0853 e. The number of hydrogen-bond acceptors (Lipinski definition) is 3. The molecule has 0 aliphatic carbocycles. The van der Waals surface area contributed by atoms with E-state index in [2.05, 4.69) is 18.7 Å². The second kappa shape index (κ2) is 7.39. The van der Waals surface area contributed by atoms with E-state index in [1.54, 1.807) is 0 Å². The Bertz CT molecular complexity index is 418. The van der Waals surface area contributed by atoms with E-state index in [4.69, 9.17) is 0 Å². The van der Waals surface area contributed by atoms with Crippen molar-refractivity contribution < 1.29 is 10.2 Å². The summed E-state index contributed by atoms with van der Waals surface area (Å²) in [4.78, 5) is 2.37. The molecule has 2 rings (SSSR count). The molecule has 1 aromatic rings. The first-order valence-corrected chi connectivity index (χ1v) is 8.12. The zero-order valence-corrected chi connectivity index (χ0v) is 13.3. The van der Waals surface area contributed by atoms with Crippen LogP contribution in [0.15, 0.2) is 30.3 Å². The van der Waals surface area contributed by atoms with Crippen LogP contribution in [0.1, 0.15) is 51.2 Å². The molecule has 1 aliphatic heterocycles. The molecule has 0 radical (unpaired) electrons. The van der Waals surface area contributed by atoms with Gasteiger partial charge in [-0.2, -0.15) is 0 Å². The van der Waals surface area contributed by atoms with Crippen LogP contribution in [-0.2, 0) is 0 Å². The smallest absolute Gasteiger partial charge is 0.0853 e. The highest BCUT2D eigenvalue weighted by molar-refractivity contribution is 5.19. The molecule has 3 nitrogen and oxygen atoms in total. The van der Waals surface area contributed by atoms with E-state index in [1.165, 1.54) is 19.3 Å². The minimum atomic E-state index is -0.485. The number of hydrogen-bond donors (Lipinski definition) is 2. The van der Waals surface area contributed by atoms with Gasteiger partial charge in [-0.05, 0) is 24.9 Å². The molecule has 21 heavy (non-hydrogen) atoms. The van der Waals surface area contributed by atoms with E-state index in [9.17, 15) is 10.2 Å². The van der Waals surface area contributed by atoms with Gasteiger partial charge in [0.2, 0.25) is 0 Å². The lowest BCUT2D eigenvalue weighted by Crippen LogP contribution is -2.45. The fraction of sp³-hybridized carbons (Fsp3) is 0.667. The van der Waals surface area contributed by atoms with Gasteiger partial charge >= 0.3 is 0 Å². The summed E-state index contributed by atoms with van der Waals surface area (Å²) in [6.07, 6.45) is 4.21. The number of rotatable bonds is 5. The molecule has 0 spiro atoms. The van der Waals surface area contributed by atoms with Gasteiger partial charge in [0.05, 0.1) is 12.7 Å². The monoisotopic (exact) mass is 291 g/mol. The highest BCUT2D eigenvalue weighted by atomic mass is 16.3. The Morgan fingerprint density at radius 2 is 1.90 bits per heavy atom. The highest BCUT2D eigenvalue weighted by Gasteiger charge is 2.33. The molecule has 0 amide bonds. The van der Waals surface area contributed by atoms with Gasteiger partial charge in [-0.1, -0.05) is 57.0 Å². The van der Waals surface area contributed by atoms with Crippen LogP contribution >= 0.6 is 0 Å². The Hall–Kier alpha value is -0.900. The quantitative estimate of drug-likeness (QED) is 0.876. The molecule has 0 bridgehead atoms. The molecule has 1 fully saturated rings. The third-order valence-corrected chi connectivity index (χ3v) is 4.68. The summed E-state index contributed by atoms with van der Waals surface area (Å²) in [6, 6.07) is 10.1. The van der Waals surface area contributed by atoms with E-state index in [0.717, 1.165) is 25.1 Å². The van der Waals surface area contributed by atoms with Crippen LogP contribution in [0, 0.1) is 5.41 Å². The lowest BCUT2D eigenvalue weighted by atomic mass is 9.81. The highest BCUT2D eigenvalue weighted by Crippen LogP contribution is 2.35. The molecule has 0 aromatic heterocycles. The van der Waals surface area contributed by atoms with Gasteiger partial charge in [-0.3, -0.25) is 4.90 Å². The predicted molar refractivity (Wildman–Crippen MR) is 86.1 cm³/mol. The number of benzene rings is 1. The van der Waals surface area contributed by atoms with Gasteiger partial charge < -0.3 is 10.2 Å². The molecule has 1 aromatic carbocycles. The van der Waals surface area contributed by atoms with Crippen molar-refractivity contribution in [3.8, 4) is 0 Å².